The number of amides is 2. The average molecular weight is 662 g/mol. The summed E-state index contributed by atoms with van der Waals surface area (Å²) < 4.78 is 93.0. The number of hydrogen-bond donors (Lipinski definition) is 2. The van der Waals surface area contributed by atoms with E-state index in [4.69, 9.17) is 17.3 Å². The molecule has 0 aliphatic heterocycles. The maximum absolute atomic E-state index is 14.5. The molecular formula is C26H13BrClF7N4O2. The fraction of sp³-hybridized carbons (Fsp3) is 0.154. The molecule has 15 heteroatoms. The molecule has 0 fully saturated rings. The number of rotatable bonds is 5. The van der Waals surface area contributed by atoms with E-state index in [1.807, 2.05) is 12.1 Å². The topological polar surface area (TPSA) is 120 Å². The van der Waals surface area contributed by atoms with Gasteiger partial charge in [-0.15, -0.1) is 0 Å². The number of hydrogen-bond acceptors (Lipinski definition) is 4. The molecule has 6 nitrogen and oxygen atoms in total. The van der Waals surface area contributed by atoms with Crippen LogP contribution in [0.1, 0.15) is 43.0 Å². The highest BCUT2D eigenvalue weighted by atomic mass is 79.9. The van der Waals surface area contributed by atoms with E-state index in [2.05, 4.69) is 21.2 Å². The van der Waals surface area contributed by atoms with Gasteiger partial charge in [-0.05, 0) is 70.9 Å². The van der Waals surface area contributed by atoms with Gasteiger partial charge in [-0.3, -0.25) is 9.59 Å². The monoisotopic (exact) mass is 660 g/mol. The molecule has 0 saturated heterocycles. The first-order valence-corrected chi connectivity index (χ1v) is 12.1. The van der Waals surface area contributed by atoms with Gasteiger partial charge in [0, 0.05) is 32.3 Å². The van der Waals surface area contributed by atoms with Crippen molar-refractivity contribution in [1.29, 1.82) is 10.5 Å². The molecule has 0 aliphatic carbocycles. The first-order chi connectivity index (χ1) is 18.9. The summed E-state index contributed by atoms with van der Waals surface area (Å²) in [6.07, 6.45) is -12.8. The maximum atomic E-state index is 14.5. The minimum absolute atomic E-state index is 0.00933. The normalized spacial score (nSPS) is 11.9. The van der Waals surface area contributed by atoms with Gasteiger partial charge in [0.2, 0.25) is 5.91 Å². The van der Waals surface area contributed by atoms with E-state index in [0.717, 1.165) is 0 Å². The number of alkyl halides is 7. The van der Waals surface area contributed by atoms with Crippen molar-refractivity contribution >= 4 is 45.0 Å². The Balaban J connectivity index is 2.12. The number of nitrogens with one attached hydrogen (secondary N) is 1. The molecule has 2 amide bonds. The number of benzene rings is 3. The lowest BCUT2D eigenvalue weighted by molar-refractivity contribution is -0.348. The van der Waals surface area contributed by atoms with E-state index in [1.165, 1.54) is 37.3 Å². The van der Waals surface area contributed by atoms with Gasteiger partial charge in [-0.25, -0.2) is 4.39 Å². The molecule has 0 unspecified atom stereocenters. The fourth-order valence-electron chi connectivity index (χ4n) is 3.97. The number of carbonyl (C=O) groups excluding carboxylic acids is 2. The molecule has 3 N–H and O–H groups in total. The molecule has 212 valence electrons. The van der Waals surface area contributed by atoms with E-state index in [1.54, 1.807) is 0 Å². The molecule has 0 radical (unpaired) electrons. The summed E-state index contributed by atoms with van der Waals surface area (Å²) in [5.41, 5.74) is -2.45. The third-order valence-electron chi connectivity index (χ3n) is 5.98. The number of anilines is 1. The van der Waals surface area contributed by atoms with Gasteiger partial charge in [0.05, 0.1) is 34.0 Å². The predicted molar refractivity (Wildman–Crippen MR) is 137 cm³/mol. The van der Waals surface area contributed by atoms with Gasteiger partial charge >= 0.3 is 18.0 Å². The highest BCUT2D eigenvalue weighted by Crippen LogP contribution is 2.54. The van der Waals surface area contributed by atoms with Gasteiger partial charge in [0.25, 0.3) is 5.91 Å². The Morgan fingerprint density at radius 1 is 0.927 bits per heavy atom. The van der Waals surface area contributed by atoms with Gasteiger partial charge in [-0.2, -0.15) is 36.9 Å². The van der Waals surface area contributed by atoms with Crippen molar-refractivity contribution in [2.45, 2.75) is 24.9 Å². The summed E-state index contributed by atoms with van der Waals surface area (Å²) in [6.45, 7) is 1.47. The van der Waals surface area contributed by atoms with Crippen LogP contribution in [0.3, 0.4) is 0 Å². The van der Waals surface area contributed by atoms with E-state index in [0.29, 0.717) is 0 Å². The number of nitrogens with two attached hydrogens (primary N) is 1. The Hall–Kier alpha value is -4.14. The second-order valence-corrected chi connectivity index (χ2v) is 9.69. The summed E-state index contributed by atoms with van der Waals surface area (Å²) in [6, 6.07) is 10.3. The Kier molecular flexibility index (Phi) is 8.44. The largest absolute Gasteiger partial charge is 0.435 e. The zero-order chi connectivity index (χ0) is 31.1. The van der Waals surface area contributed by atoms with Gasteiger partial charge in [0.15, 0.2) is 0 Å². The smallest absolute Gasteiger partial charge is 0.366 e. The summed E-state index contributed by atoms with van der Waals surface area (Å²) in [5.74, 6) is -1.82. The third-order valence-corrected chi connectivity index (χ3v) is 6.91. The van der Waals surface area contributed by atoms with Crippen LogP contribution >= 0.6 is 27.5 Å². The summed E-state index contributed by atoms with van der Waals surface area (Å²) >= 11 is 8.61. The lowest BCUT2D eigenvalue weighted by Crippen LogP contribution is -2.50. The average Bonchev–Trinajstić information content (AvgIpc) is 2.87. The van der Waals surface area contributed by atoms with Crippen molar-refractivity contribution < 1.29 is 40.3 Å². The molecule has 0 atom stereocenters. The standard InChI is InChI=1S/C26H13BrClF7N4O2/c1-11-16(22(38)40)5-4-14(10-37)20(11)17-6-12(2-3-13(17)9-36)23(41)39-21-18(27)7-15(8-19(21)28)24(29,25(30,31)32)26(33,34)35/h2-8H,1H3,(H2,38,40)(H,39,41). The van der Waals surface area contributed by atoms with Crippen molar-refractivity contribution in [2.24, 2.45) is 5.73 Å². The second kappa shape index (κ2) is 11.0. The molecule has 3 aromatic rings. The lowest BCUT2D eigenvalue weighted by atomic mass is 9.88. The Morgan fingerprint density at radius 3 is 1.98 bits per heavy atom. The van der Waals surface area contributed by atoms with Crippen LogP contribution in [0.25, 0.3) is 11.1 Å². The summed E-state index contributed by atoms with van der Waals surface area (Å²) in [4.78, 5) is 24.9. The maximum Gasteiger partial charge on any atom is 0.435 e. The summed E-state index contributed by atoms with van der Waals surface area (Å²) in [7, 11) is 0. The zero-order valence-corrected chi connectivity index (χ0v) is 22.6. The van der Waals surface area contributed by atoms with Crippen LogP contribution < -0.4 is 11.1 Å². The van der Waals surface area contributed by atoms with Crippen molar-refractivity contribution in [3.05, 3.63) is 85.3 Å². The van der Waals surface area contributed by atoms with E-state index in [-0.39, 0.29) is 51.1 Å². The molecular weight excluding hydrogens is 649 g/mol. The minimum Gasteiger partial charge on any atom is -0.366 e. The van der Waals surface area contributed by atoms with Crippen LogP contribution in [0.4, 0.5) is 36.4 Å². The molecule has 0 aliphatic rings. The fourth-order valence-corrected chi connectivity index (χ4v) is 4.91. The number of nitrogens with zero attached hydrogens (tertiary/aromatic N) is 2. The van der Waals surface area contributed by atoms with Gasteiger partial charge in [0.1, 0.15) is 0 Å². The first-order valence-electron chi connectivity index (χ1n) is 10.9. The molecule has 3 rings (SSSR count). The summed E-state index contributed by atoms with van der Waals surface area (Å²) in [5, 5.41) is 20.6. The molecule has 0 aromatic heterocycles. The van der Waals surface area contributed by atoms with Crippen LogP contribution in [0, 0.1) is 29.6 Å². The van der Waals surface area contributed by atoms with E-state index >= 15 is 0 Å². The molecule has 0 bridgehead atoms. The number of halogens is 9. The molecule has 0 spiro atoms. The molecule has 41 heavy (non-hydrogen) atoms. The SMILES string of the molecule is Cc1c(C(N)=O)ccc(C#N)c1-c1cc(C(=O)Nc2c(Cl)cc(C(F)(C(F)(F)F)C(F)(F)F)cc2Br)ccc1C#N. The Morgan fingerprint density at radius 2 is 1.49 bits per heavy atom. The molecule has 3 aromatic carbocycles. The first kappa shape index (κ1) is 31.4. The molecule has 0 saturated carbocycles. The molecule has 0 heterocycles. The van der Waals surface area contributed by atoms with E-state index in [9.17, 15) is 50.8 Å². The van der Waals surface area contributed by atoms with E-state index < -0.39 is 50.6 Å². The highest BCUT2D eigenvalue weighted by molar-refractivity contribution is 9.10. The predicted octanol–water partition coefficient (Wildman–Crippen LogP) is 7.46. The van der Waals surface area contributed by atoms with Crippen LogP contribution in [0.15, 0.2) is 46.9 Å². The van der Waals surface area contributed by atoms with Gasteiger partial charge in [-0.1, -0.05) is 11.6 Å². The minimum atomic E-state index is -6.39. The Bertz CT molecular complexity index is 1640. The van der Waals surface area contributed by atoms with Crippen LogP contribution in [-0.4, -0.2) is 24.2 Å². The number of carbonyl (C=O) groups is 2. The quantitative estimate of drug-likeness (QED) is 0.276. The van der Waals surface area contributed by atoms with Crippen molar-refractivity contribution in [1.82, 2.24) is 0 Å². The van der Waals surface area contributed by atoms with Gasteiger partial charge < -0.3 is 11.1 Å². The zero-order valence-electron chi connectivity index (χ0n) is 20.2. The second-order valence-electron chi connectivity index (χ2n) is 8.43. The highest BCUT2D eigenvalue weighted by Gasteiger charge is 2.73. The Labute approximate surface area is 240 Å². The van der Waals surface area contributed by atoms with Crippen molar-refractivity contribution in [3.8, 4) is 23.3 Å². The third kappa shape index (κ3) is 5.58. The van der Waals surface area contributed by atoms with Crippen LogP contribution in [0.2, 0.25) is 5.02 Å². The van der Waals surface area contributed by atoms with Crippen LogP contribution in [0.5, 0.6) is 0 Å². The number of nitriles is 2. The lowest BCUT2D eigenvalue weighted by Gasteiger charge is -2.30. The van der Waals surface area contributed by atoms with Crippen molar-refractivity contribution in [3.63, 3.8) is 0 Å². The van der Waals surface area contributed by atoms with Crippen LogP contribution in [-0.2, 0) is 5.67 Å². The van der Waals surface area contributed by atoms with Crippen molar-refractivity contribution in [2.75, 3.05) is 5.32 Å². The number of primary amides is 1.